The Morgan fingerprint density at radius 1 is 1.21 bits per heavy atom. The summed E-state index contributed by atoms with van der Waals surface area (Å²) in [5, 5.41) is 0. The van der Waals surface area contributed by atoms with Crippen molar-refractivity contribution in [1.29, 1.82) is 0 Å². The highest BCUT2D eigenvalue weighted by Gasteiger charge is 2.08. The second kappa shape index (κ2) is 5.57. The van der Waals surface area contributed by atoms with E-state index in [-0.39, 0.29) is 22.6 Å². The third-order valence-corrected chi connectivity index (χ3v) is 3.35. The molecule has 0 aliphatic carbocycles. The Morgan fingerprint density at radius 3 is 2.68 bits per heavy atom. The van der Waals surface area contributed by atoms with Gasteiger partial charge in [0.1, 0.15) is 24.0 Å². The zero-order valence-electron chi connectivity index (χ0n) is 10.2. The zero-order valence-corrected chi connectivity index (χ0v) is 11.8. The molecule has 2 N–H and O–H groups in total. The SMILES string of the molecule is Cc1ccc(F)cc1COc1cc(F)c(Br)cc1N. The summed E-state index contributed by atoms with van der Waals surface area (Å²) in [5.74, 6) is -0.552. The van der Waals surface area contributed by atoms with Crippen LogP contribution in [0.1, 0.15) is 11.1 Å². The minimum Gasteiger partial charge on any atom is -0.487 e. The normalized spacial score (nSPS) is 10.5. The van der Waals surface area contributed by atoms with Gasteiger partial charge in [0.05, 0.1) is 10.2 Å². The van der Waals surface area contributed by atoms with E-state index in [1.807, 2.05) is 6.92 Å². The lowest BCUT2D eigenvalue weighted by Crippen LogP contribution is -2.01. The van der Waals surface area contributed by atoms with Crippen LogP contribution in [0.3, 0.4) is 0 Å². The second-order valence-electron chi connectivity index (χ2n) is 4.16. The van der Waals surface area contributed by atoms with Crippen LogP contribution in [0.2, 0.25) is 0 Å². The van der Waals surface area contributed by atoms with E-state index in [1.165, 1.54) is 24.3 Å². The Labute approximate surface area is 118 Å². The van der Waals surface area contributed by atoms with Crippen molar-refractivity contribution in [3.8, 4) is 5.75 Å². The summed E-state index contributed by atoms with van der Waals surface area (Å²) >= 11 is 3.04. The summed E-state index contributed by atoms with van der Waals surface area (Å²) in [6.45, 7) is 1.98. The third kappa shape index (κ3) is 3.23. The lowest BCUT2D eigenvalue weighted by molar-refractivity contribution is 0.305. The monoisotopic (exact) mass is 327 g/mol. The molecule has 0 aliphatic rings. The fourth-order valence-electron chi connectivity index (χ4n) is 1.62. The summed E-state index contributed by atoms with van der Waals surface area (Å²) in [7, 11) is 0. The molecule has 0 amide bonds. The lowest BCUT2D eigenvalue weighted by atomic mass is 10.1. The highest BCUT2D eigenvalue weighted by molar-refractivity contribution is 9.10. The summed E-state index contributed by atoms with van der Waals surface area (Å²) in [6.07, 6.45) is 0. The van der Waals surface area contributed by atoms with Crippen molar-refractivity contribution in [2.24, 2.45) is 0 Å². The van der Waals surface area contributed by atoms with Gasteiger partial charge in [-0.15, -0.1) is 0 Å². The van der Waals surface area contributed by atoms with Crippen molar-refractivity contribution in [3.05, 3.63) is 57.6 Å². The molecule has 0 aliphatic heterocycles. The van der Waals surface area contributed by atoms with Gasteiger partial charge in [0.2, 0.25) is 0 Å². The molecule has 0 aromatic heterocycles. The molecule has 0 radical (unpaired) electrons. The van der Waals surface area contributed by atoms with Crippen molar-refractivity contribution in [2.45, 2.75) is 13.5 Å². The Morgan fingerprint density at radius 2 is 1.95 bits per heavy atom. The van der Waals surface area contributed by atoms with E-state index in [4.69, 9.17) is 10.5 Å². The molecule has 0 spiro atoms. The topological polar surface area (TPSA) is 35.2 Å². The van der Waals surface area contributed by atoms with E-state index in [9.17, 15) is 8.78 Å². The predicted octanol–water partition coefficient (Wildman–Crippen LogP) is 4.20. The molecule has 0 atom stereocenters. The third-order valence-electron chi connectivity index (χ3n) is 2.75. The maximum atomic E-state index is 13.4. The standard InChI is InChI=1S/C14H12BrF2NO/c1-8-2-3-10(16)4-9(8)7-19-14-6-12(17)11(15)5-13(14)18/h2-6H,7,18H2,1H3. The molecular formula is C14H12BrF2NO. The van der Waals surface area contributed by atoms with Crippen LogP contribution >= 0.6 is 15.9 Å². The zero-order chi connectivity index (χ0) is 14.0. The van der Waals surface area contributed by atoms with Gasteiger partial charge in [-0.05, 0) is 52.2 Å². The molecule has 5 heteroatoms. The average Bonchev–Trinajstić information content (AvgIpc) is 2.36. The quantitative estimate of drug-likeness (QED) is 0.857. The predicted molar refractivity (Wildman–Crippen MR) is 74.0 cm³/mol. The highest BCUT2D eigenvalue weighted by atomic mass is 79.9. The molecule has 2 aromatic rings. The van der Waals surface area contributed by atoms with Crippen molar-refractivity contribution in [1.82, 2.24) is 0 Å². The van der Waals surface area contributed by atoms with Crippen LogP contribution in [-0.4, -0.2) is 0 Å². The van der Waals surface area contributed by atoms with Gasteiger partial charge in [0.15, 0.2) is 0 Å². The molecule has 2 nitrogen and oxygen atoms in total. The van der Waals surface area contributed by atoms with Crippen LogP contribution in [0.4, 0.5) is 14.5 Å². The van der Waals surface area contributed by atoms with Crippen molar-refractivity contribution >= 4 is 21.6 Å². The van der Waals surface area contributed by atoms with Gasteiger partial charge in [-0.1, -0.05) is 6.07 Å². The first-order valence-corrected chi connectivity index (χ1v) is 6.39. The van der Waals surface area contributed by atoms with Gasteiger partial charge < -0.3 is 10.5 Å². The fourth-order valence-corrected chi connectivity index (χ4v) is 1.98. The minimum atomic E-state index is -0.458. The Balaban J connectivity index is 2.19. The second-order valence-corrected chi connectivity index (χ2v) is 5.02. The van der Waals surface area contributed by atoms with Crippen LogP contribution in [0.5, 0.6) is 5.75 Å². The number of ether oxygens (including phenoxy) is 1. The van der Waals surface area contributed by atoms with Crippen molar-refractivity contribution < 1.29 is 13.5 Å². The molecule has 0 bridgehead atoms. The number of hydrogen-bond donors (Lipinski definition) is 1. The Bertz CT molecular complexity index is 617. The number of nitrogen functional groups attached to an aromatic ring is 1. The van der Waals surface area contributed by atoms with Gasteiger partial charge >= 0.3 is 0 Å². The number of benzene rings is 2. The van der Waals surface area contributed by atoms with E-state index in [0.29, 0.717) is 11.3 Å². The number of hydrogen-bond acceptors (Lipinski definition) is 2. The lowest BCUT2D eigenvalue weighted by Gasteiger charge is -2.11. The van der Waals surface area contributed by atoms with Gasteiger partial charge in [-0.3, -0.25) is 0 Å². The van der Waals surface area contributed by atoms with E-state index in [0.717, 1.165) is 5.56 Å². The van der Waals surface area contributed by atoms with Crippen LogP contribution in [0.15, 0.2) is 34.8 Å². The van der Waals surface area contributed by atoms with E-state index < -0.39 is 5.82 Å². The largest absolute Gasteiger partial charge is 0.487 e. The van der Waals surface area contributed by atoms with Crippen LogP contribution < -0.4 is 10.5 Å². The summed E-state index contributed by atoms with van der Waals surface area (Å²) < 4.78 is 32.2. The molecule has 0 saturated heterocycles. The van der Waals surface area contributed by atoms with E-state index in [1.54, 1.807) is 6.07 Å². The molecule has 0 fully saturated rings. The highest BCUT2D eigenvalue weighted by Crippen LogP contribution is 2.29. The Kier molecular flexibility index (Phi) is 4.04. The maximum absolute atomic E-state index is 13.4. The van der Waals surface area contributed by atoms with Crippen LogP contribution in [0.25, 0.3) is 0 Å². The molecule has 0 heterocycles. The number of nitrogens with two attached hydrogens (primary N) is 1. The summed E-state index contributed by atoms with van der Waals surface area (Å²) in [6, 6.07) is 7.07. The molecule has 100 valence electrons. The fraction of sp³-hybridized carbons (Fsp3) is 0.143. The minimum absolute atomic E-state index is 0.134. The number of rotatable bonds is 3. The van der Waals surface area contributed by atoms with Crippen molar-refractivity contribution in [3.63, 3.8) is 0 Å². The first-order chi connectivity index (χ1) is 8.97. The van der Waals surface area contributed by atoms with Gasteiger partial charge in [0, 0.05) is 6.07 Å². The van der Waals surface area contributed by atoms with Gasteiger partial charge in [-0.2, -0.15) is 0 Å². The van der Waals surface area contributed by atoms with Gasteiger partial charge in [-0.25, -0.2) is 8.78 Å². The van der Waals surface area contributed by atoms with Crippen molar-refractivity contribution in [2.75, 3.05) is 5.73 Å². The number of halogens is 3. The average molecular weight is 328 g/mol. The van der Waals surface area contributed by atoms with Crippen LogP contribution in [-0.2, 0) is 6.61 Å². The van der Waals surface area contributed by atoms with E-state index >= 15 is 0 Å². The number of aryl methyl sites for hydroxylation is 1. The molecule has 0 unspecified atom stereocenters. The van der Waals surface area contributed by atoms with E-state index in [2.05, 4.69) is 15.9 Å². The number of anilines is 1. The van der Waals surface area contributed by atoms with Gasteiger partial charge in [0.25, 0.3) is 0 Å². The molecule has 19 heavy (non-hydrogen) atoms. The van der Waals surface area contributed by atoms with Crippen LogP contribution in [0, 0.1) is 18.6 Å². The maximum Gasteiger partial charge on any atom is 0.145 e. The summed E-state index contributed by atoms with van der Waals surface area (Å²) in [5.41, 5.74) is 7.65. The molecule has 2 aromatic carbocycles. The molecule has 2 rings (SSSR count). The first kappa shape index (κ1) is 13.8. The molecule has 0 saturated carbocycles. The Hall–Kier alpha value is -1.62. The summed E-state index contributed by atoms with van der Waals surface area (Å²) in [4.78, 5) is 0. The first-order valence-electron chi connectivity index (χ1n) is 5.59. The molecular weight excluding hydrogens is 316 g/mol. The smallest absolute Gasteiger partial charge is 0.145 e.